The third-order valence-electron chi connectivity index (χ3n) is 2.90. The van der Waals surface area contributed by atoms with Crippen LogP contribution in [-0.2, 0) is 9.57 Å². The predicted octanol–water partition coefficient (Wildman–Crippen LogP) is 2.24. The van der Waals surface area contributed by atoms with Crippen LogP contribution in [-0.4, -0.2) is 33.0 Å². The van der Waals surface area contributed by atoms with Crippen molar-refractivity contribution in [3.63, 3.8) is 0 Å². The van der Waals surface area contributed by atoms with E-state index in [0.717, 1.165) is 5.56 Å². The van der Waals surface area contributed by atoms with Gasteiger partial charge in [0.15, 0.2) is 0 Å². The Hall–Kier alpha value is -2.04. The molecule has 0 atom stereocenters. The molecule has 0 aliphatic heterocycles. The second kappa shape index (κ2) is 6.22. The smallest absolute Gasteiger partial charge is 0.337 e. The quantitative estimate of drug-likeness (QED) is 0.448. The van der Waals surface area contributed by atoms with E-state index in [1.165, 1.54) is 27.1 Å². The van der Waals surface area contributed by atoms with Gasteiger partial charge < -0.3 is 14.3 Å². The van der Waals surface area contributed by atoms with Crippen LogP contribution >= 0.6 is 0 Å². The molecule has 0 spiro atoms. The largest absolute Gasteiger partial charge is 0.493 e. The highest BCUT2D eigenvalue weighted by molar-refractivity contribution is 5.92. The van der Waals surface area contributed by atoms with E-state index in [1.807, 2.05) is 0 Å². The molecule has 1 saturated carbocycles. The number of carbonyl (C=O) groups excluding carboxylic acids is 1. The fourth-order valence-electron chi connectivity index (χ4n) is 1.61. The molecule has 0 N–H and O–H groups in total. The van der Waals surface area contributed by atoms with Crippen LogP contribution in [0.5, 0.6) is 5.75 Å². The molecular formula is C14H17NO4. The van der Waals surface area contributed by atoms with Crippen LogP contribution in [0.15, 0.2) is 23.4 Å². The van der Waals surface area contributed by atoms with Crippen molar-refractivity contribution in [1.29, 1.82) is 0 Å². The van der Waals surface area contributed by atoms with Gasteiger partial charge in [-0.1, -0.05) is 5.16 Å². The molecule has 19 heavy (non-hydrogen) atoms. The molecular weight excluding hydrogens is 246 g/mol. The second-order valence-electron chi connectivity index (χ2n) is 4.42. The highest BCUT2D eigenvalue weighted by Gasteiger charge is 2.22. The van der Waals surface area contributed by atoms with Crippen molar-refractivity contribution in [1.82, 2.24) is 0 Å². The molecule has 1 aliphatic carbocycles. The fraction of sp³-hybridized carbons (Fsp3) is 0.429. The van der Waals surface area contributed by atoms with Gasteiger partial charge in [-0.3, -0.25) is 0 Å². The Morgan fingerprint density at radius 2 is 2.21 bits per heavy atom. The number of nitrogens with zero attached hydrogens (tertiary/aromatic N) is 1. The third-order valence-corrected chi connectivity index (χ3v) is 2.90. The topological polar surface area (TPSA) is 57.1 Å². The lowest BCUT2D eigenvalue weighted by Gasteiger charge is -2.10. The average Bonchev–Trinajstić information content (AvgIpc) is 3.26. The van der Waals surface area contributed by atoms with Crippen LogP contribution in [0.3, 0.4) is 0 Å². The summed E-state index contributed by atoms with van der Waals surface area (Å²) in [7, 11) is 2.83. The third kappa shape index (κ3) is 3.71. The van der Waals surface area contributed by atoms with E-state index in [9.17, 15) is 4.79 Å². The summed E-state index contributed by atoms with van der Waals surface area (Å²) in [5.74, 6) is 0.871. The van der Waals surface area contributed by atoms with E-state index in [1.54, 1.807) is 24.4 Å². The highest BCUT2D eigenvalue weighted by Crippen LogP contribution is 2.30. The van der Waals surface area contributed by atoms with E-state index < -0.39 is 0 Å². The number of rotatable bonds is 6. The standard InChI is InChI=1S/C14H17NO4/c1-17-14(16)11-5-6-12(8-15-18-2)13(7-11)19-9-10-3-4-10/h5-8,10H,3-4,9H2,1-2H3/b15-8+. The first-order chi connectivity index (χ1) is 9.24. The van der Waals surface area contributed by atoms with Gasteiger partial charge in [-0.05, 0) is 37.0 Å². The Morgan fingerprint density at radius 3 is 2.84 bits per heavy atom. The lowest BCUT2D eigenvalue weighted by Crippen LogP contribution is -2.06. The maximum absolute atomic E-state index is 11.5. The second-order valence-corrected chi connectivity index (χ2v) is 4.42. The Bertz CT molecular complexity index is 480. The summed E-state index contributed by atoms with van der Waals surface area (Å²) < 4.78 is 10.4. The molecule has 5 nitrogen and oxygen atoms in total. The van der Waals surface area contributed by atoms with E-state index in [2.05, 4.69) is 9.99 Å². The number of carbonyl (C=O) groups is 1. The summed E-state index contributed by atoms with van der Waals surface area (Å²) in [5, 5.41) is 3.72. The number of esters is 1. The molecule has 0 radical (unpaired) electrons. The van der Waals surface area contributed by atoms with Gasteiger partial charge in [-0.15, -0.1) is 0 Å². The fourth-order valence-corrected chi connectivity index (χ4v) is 1.61. The molecule has 0 heterocycles. The minimum absolute atomic E-state index is 0.383. The molecule has 1 aliphatic rings. The Balaban J connectivity index is 2.20. The number of hydrogen-bond donors (Lipinski definition) is 0. The first-order valence-electron chi connectivity index (χ1n) is 6.16. The SMILES string of the molecule is CO/N=C/c1ccc(C(=O)OC)cc1OCC1CC1. The summed E-state index contributed by atoms with van der Waals surface area (Å²) in [6.45, 7) is 0.665. The molecule has 0 unspecified atom stereocenters. The maximum atomic E-state index is 11.5. The van der Waals surface area contributed by atoms with Crippen LogP contribution in [0.2, 0.25) is 0 Å². The molecule has 1 aromatic rings. The predicted molar refractivity (Wildman–Crippen MR) is 70.6 cm³/mol. The molecule has 1 fully saturated rings. The minimum Gasteiger partial charge on any atom is -0.493 e. The van der Waals surface area contributed by atoms with Crippen molar-refractivity contribution < 1.29 is 19.1 Å². The summed E-state index contributed by atoms with van der Waals surface area (Å²) in [6, 6.07) is 5.11. The Kier molecular flexibility index (Phi) is 4.39. The van der Waals surface area contributed by atoms with E-state index in [0.29, 0.717) is 23.8 Å². The number of benzene rings is 1. The molecule has 0 amide bonds. The molecule has 0 saturated heterocycles. The summed E-state index contributed by atoms with van der Waals surface area (Å²) in [4.78, 5) is 16.2. The Labute approximate surface area is 112 Å². The van der Waals surface area contributed by atoms with Crippen LogP contribution < -0.4 is 4.74 Å². The normalized spacial score (nSPS) is 14.4. The van der Waals surface area contributed by atoms with E-state index in [4.69, 9.17) is 9.47 Å². The van der Waals surface area contributed by atoms with Gasteiger partial charge in [0.2, 0.25) is 0 Å². The van der Waals surface area contributed by atoms with Crippen molar-refractivity contribution in [2.45, 2.75) is 12.8 Å². The van der Waals surface area contributed by atoms with Gasteiger partial charge in [-0.2, -0.15) is 0 Å². The minimum atomic E-state index is -0.383. The number of oxime groups is 1. The molecule has 5 heteroatoms. The van der Waals surface area contributed by atoms with Crippen molar-refractivity contribution >= 4 is 12.2 Å². The van der Waals surface area contributed by atoms with Crippen molar-refractivity contribution in [3.05, 3.63) is 29.3 Å². The van der Waals surface area contributed by atoms with Crippen molar-refractivity contribution in [2.24, 2.45) is 11.1 Å². The van der Waals surface area contributed by atoms with Crippen molar-refractivity contribution in [2.75, 3.05) is 20.8 Å². The zero-order chi connectivity index (χ0) is 13.7. The molecule has 102 valence electrons. The summed E-state index contributed by atoms with van der Waals surface area (Å²) >= 11 is 0. The zero-order valence-corrected chi connectivity index (χ0v) is 11.1. The van der Waals surface area contributed by atoms with Crippen LogP contribution in [0, 0.1) is 5.92 Å². The lowest BCUT2D eigenvalue weighted by molar-refractivity contribution is 0.0600. The number of ether oxygens (including phenoxy) is 2. The van der Waals surface area contributed by atoms with Crippen LogP contribution in [0.4, 0.5) is 0 Å². The van der Waals surface area contributed by atoms with Gasteiger partial charge in [-0.25, -0.2) is 4.79 Å². The monoisotopic (exact) mass is 263 g/mol. The van der Waals surface area contributed by atoms with Gasteiger partial charge in [0.05, 0.1) is 25.5 Å². The number of methoxy groups -OCH3 is 1. The van der Waals surface area contributed by atoms with E-state index in [-0.39, 0.29) is 5.97 Å². The highest BCUT2D eigenvalue weighted by atomic mass is 16.6. The first-order valence-corrected chi connectivity index (χ1v) is 6.16. The summed E-state index contributed by atoms with van der Waals surface area (Å²) in [5.41, 5.74) is 1.23. The van der Waals surface area contributed by atoms with Gasteiger partial charge in [0.1, 0.15) is 12.9 Å². The number of hydrogen-bond acceptors (Lipinski definition) is 5. The zero-order valence-electron chi connectivity index (χ0n) is 11.1. The maximum Gasteiger partial charge on any atom is 0.337 e. The Morgan fingerprint density at radius 1 is 1.42 bits per heavy atom. The van der Waals surface area contributed by atoms with Gasteiger partial charge >= 0.3 is 5.97 Å². The van der Waals surface area contributed by atoms with E-state index >= 15 is 0 Å². The van der Waals surface area contributed by atoms with Gasteiger partial charge in [0.25, 0.3) is 0 Å². The summed E-state index contributed by atoms with van der Waals surface area (Å²) in [6.07, 6.45) is 3.97. The molecule has 1 aromatic carbocycles. The van der Waals surface area contributed by atoms with Crippen molar-refractivity contribution in [3.8, 4) is 5.75 Å². The molecule has 2 rings (SSSR count). The van der Waals surface area contributed by atoms with Crippen LogP contribution in [0.25, 0.3) is 0 Å². The van der Waals surface area contributed by atoms with Gasteiger partial charge in [0, 0.05) is 5.56 Å². The van der Waals surface area contributed by atoms with Crippen LogP contribution in [0.1, 0.15) is 28.8 Å². The molecule has 0 bridgehead atoms. The average molecular weight is 263 g/mol. The lowest BCUT2D eigenvalue weighted by atomic mass is 10.1. The molecule has 0 aromatic heterocycles. The first kappa shape index (κ1) is 13.4.